The Morgan fingerprint density at radius 1 is 0.300 bits per heavy atom. The van der Waals surface area contributed by atoms with E-state index < -0.39 is 97.5 Å². The Hall–Kier alpha value is -1.94. The molecule has 0 aliphatic carbocycles. The van der Waals surface area contributed by atoms with Gasteiger partial charge in [-0.05, 0) is 43.4 Å². The van der Waals surface area contributed by atoms with Crippen molar-refractivity contribution in [2.24, 2.45) is 17.8 Å². The maximum Gasteiger partial charge on any atom is 0.472 e. The first-order valence-corrected chi connectivity index (χ1v) is 39.8. The molecule has 90 heavy (non-hydrogen) atoms. The van der Waals surface area contributed by atoms with Gasteiger partial charge in [0, 0.05) is 25.7 Å². The molecule has 0 spiro atoms. The van der Waals surface area contributed by atoms with Crippen LogP contribution < -0.4 is 0 Å². The molecular weight excluding hydrogens is 1190 g/mol. The summed E-state index contributed by atoms with van der Waals surface area (Å²) in [6, 6.07) is 0. The average Bonchev–Trinajstić information content (AvgIpc) is 3.70. The highest BCUT2D eigenvalue weighted by molar-refractivity contribution is 7.47. The number of phosphoric acid groups is 2. The van der Waals surface area contributed by atoms with Gasteiger partial charge in [0.1, 0.15) is 19.3 Å². The molecule has 0 aliphatic rings. The molecule has 534 valence electrons. The molecule has 19 heteroatoms. The van der Waals surface area contributed by atoms with Gasteiger partial charge in [-0.1, -0.05) is 305 Å². The van der Waals surface area contributed by atoms with Crippen molar-refractivity contribution in [1.82, 2.24) is 0 Å². The average molecular weight is 1330 g/mol. The van der Waals surface area contributed by atoms with E-state index in [1.807, 2.05) is 0 Å². The lowest BCUT2D eigenvalue weighted by Gasteiger charge is -2.21. The number of phosphoric ester groups is 2. The monoisotopic (exact) mass is 1320 g/mol. The number of hydrogen-bond acceptors (Lipinski definition) is 15. The van der Waals surface area contributed by atoms with Crippen LogP contribution >= 0.6 is 15.6 Å². The van der Waals surface area contributed by atoms with Crippen molar-refractivity contribution in [2.75, 3.05) is 39.6 Å². The lowest BCUT2D eigenvalue weighted by atomic mass is 10.0. The Kier molecular flexibility index (Phi) is 60.6. The first-order valence-electron chi connectivity index (χ1n) is 36.8. The minimum atomic E-state index is -4.95. The van der Waals surface area contributed by atoms with Crippen LogP contribution in [0.4, 0.5) is 0 Å². The standard InChI is InChI=1S/C71H138O17P2/c1-8-9-10-35-45-52-68(73)81-58-66(87-71(76)55-48-41-34-28-22-25-31-38-44-51-64(6)7)60-85-89(77,78)83-56-65(72)57-84-90(79,80)86-61-67(59-82-69(74)53-46-39-32-26-20-17-13-15-19-24-30-37-43-50-63(4)5)88-70(75)54-47-40-33-27-21-16-12-11-14-18-23-29-36-42-49-62(2)3/h62-67,72H,8-61H2,1-7H3,(H,77,78)(H,79,80)/t65-,66+,67+/m0/s1. The highest BCUT2D eigenvalue weighted by Crippen LogP contribution is 2.45. The summed E-state index contributed by atoms with van der Waals surface area (Å²) in [5.74, 6) is 0.187. The van der Waals surface area contributed by atoms with Crippen molar-refractivity contribution in [3.05, 3.63) is 0 Å². The molecular formula is C71H138O17P2. The molecule has 17 nitrogen and oxygen atoms in total. The van der Waals surface area contributed by atoms with E-state index in [4.69, 9.17) is 37.0 Å². The number of hydrogen-bond donors (Lipinski definition) is 3. The van der Waals surface area contributed by atoms with Crippen molar-refractivity contribution in [1.29, 1.82) is 0 Å². The van der Waals surface area contributed by atoms with E-state index in [1.54, 1.807) is 0 Å². The number of aliphatic hydroxyl groups is 1. The van der Waals surface area contributed by atoms with E-state index in [0.29, 0.717) is 25.7 Å². The Morgan fingerprint density at radius 3 is 0.756 bits per heavy atom. The van der Waals surface area contributed by atoms with E-state index in [-0.39, 0.29) is 25.7 Å². The zero-order valence-corrected chi connectivity index (χ0v) is 60.4. The third kappa shape index (κ3) is 64.8. The summed E-state index contributed by atoms with van der Waals surface area (Å²) in [5, 5.41) is 10.6. The first-order chi connectivity index (χ1) is 43.2. The van der Waals surface area contributed by atoms with Gasteiger partial charge in [-0.25, -0.2) is 9.13 Å². The van der Waals surface area contributed by atoms with E-state index in [1.165, 1.54) is 161 Å². The van der Waals surface area contributed by atoms with Crippen LogP contribution in [0.25, 0.3) is 0 Å². The SMILES string of the molecule is CCCCCCCC(=O)OC[C@H](COP(=O)(O)OC[C@H](O)COP(=O)(O)OC[C@@H](COC(=O)CCCCCCCCCCCCCCCC(C)C)OC(=O)CCCCCCCCCCCCCCCCC(C)C)OC(=O)CCCCCCCCCCCC(C)C. The second-order valence-electron chi connectivity index (χ2n) is 27.1. The van der Waals surface area contributed by atoms with Crippen LogP contribution in [0, 0.1) is 17.8 Å². The number of esters is 4. The number of ether oxygens (including phenoxy) is 4. The molecule has 0 saturated carbocycles. The predicted octanol–water partition coefficient (Wildman–Crippen LogP) is 20.2. The van der Waals surface area contributed by atoms with Crippen molar-refractivity contribution >= 4 is 39.5 Å². The predicted molar refractivity (Wildman–Crippen MR) is 363 cm³/mol. The summed E-state index contributed by atoms with van der Waals surface area (Å²) >= 11 is 0. The molecule has 0 aromatic heterocycles. The second-order valence-corrected chi connectivity index (χ2v) is 30.0. The van der Waals surface area contributed by atoms with Gasteiger partial charge in [-0.3, -0.25) is 37.3 Å². The third-order valence-electron chi connectivity index (χ3n) is 16.4. The number of carbonyl (C=O) groups is 4. The zero-order valence-electron chi connectivity index (χ0n) is 58.6. The summed E-state index contributed by atoms with van der Waals surface area (Å²) in [7, 11) is -9.89. The van der Waals surface area contributed by atoms with Crippen LogP contribution in [0.5, 0.6) is 0 Å². The maximum absolute atomic E-state index is 13.0. The zero-order chi connectivity index (χ0) is 66.6. The van der Waals surface area contributed by atoms with E-state index in [0.717, 1.165) is 114 Å². The minimum Gasteiger partial charge on any atom is -0.462 e. The molecule has 0 amide bonds. The van der Waals surface area contributed by atoms with E-state index in [2.05, 4.69) is 48.5 Å². The fourth-order valence-corrected chi connectivity index (χ4v) is 12.3. The van der Waals surface area contributed by atoms with Gasteiger partial charge in [-0.15, -0.1) is 0 Å². The molecule has 0 rings (SSSR count). The Morgan fingerprint density at radius 2 is 0.511 bits per heavy atom. The minimum absolute atomic E-state index is 0.104. The smallest absolute Gasteiger partial charge is 0.462 e. The van der Waals surface area contributed by atoms with Gasteiger partial charge >= 0.3 is 39.5 Å². The summed E-state index contributed by atoms with van der Waals surface area (Å²) < 4.78 is 68.1. The van der Waals surface area contributed by atoms with Crippen molar-refractivity contribution in [3.8, 4) is 0 Å². The van der Waals surface area contributed by atoms with Crippen LogP contribution in [0.15, 0.2) is 0 Å². The van der Waals surface area contributed by atoms with Gasteiger partial charge in [-0.2, -0.15) is 0 Å². The lowest BCUT2D eigenvalue weighted by Crippen LogP contribution is -2.30. The molecule has 0 fully saturated rings. The van der Waals surface area contributed by atoms with Gasteiger partial charge in [0.25, 0.3) is 0 Å². The highest BCUT2D eigenvalue weighted by Gasteiger charge is 2.30. The first kappa shape index (κ1) is 88.1. The van der Waals surface area contributed by atoms with Crippen molar-refractivity contribution < 1.29 is 80.2 Å². The largest absolute Gasteiger partial charge is 0.472 e. The van der Waals surface area contributed by atoms with Gasteiger partial charge in [0.2, 0.25) is 0 Å². The molecule has 5 atom stereocenters. The molecule has 2 unspecified atom stereocenters. The molecule has 0 heterocycles. The Balaban J connectivity index is 5.16. The van der Waals surface area contributed by atoms with Crippen LogP contribution in [0.1, 0.15) is 357 Å². The molecule has 0 aromatic rings. The molecule has 0 saturated heterocycles. The fraction of sp³-hybridized carbons (Fsp3) is 0.944. The summed E-state index contributed by atoms with van der Waals surface area (Å²) in [4.78, 5) is 72.3. The molecule has 3 N–H and O–H groups in total. The van der Waals surface area contributed by atoms with Crippen LogP contribution in [-0.2, 0) is 65.4 Å². The van der Waals surface area contributed by atoms with Crippen LogP contribution in [0.2, 0.25) is 0 Å². The van der Waals surface area contributed by atoms with Gasteiger partial charge in [0.15, 0.2) is 12.2 Å². The summed E-state index contributed by atoms with van der Waals surface area (Å²) in [6.07, 6.45) is 46.2. The number of rotatable bonds is 69. The molecule has 0 bridgehead atoms. The van der Waals surface area contributed by atoms with E-state index in [9.17, 15) is 43.2 Å². The van der Waals surface area contributed by atoms with Gasteiger partial charge in [0.05, 0.1) is 26.4 Å². The van der Waals surface area contributed by atoms with Crippen LogP contribution in [-0.4, -0.2) is 96.7 Å². The Bertz CT molecular complexity index is 1770. The van der Waals surface area contributed by atoms with Gasteiger partial charge < -0.3 is 33.8 Å². The van der Waals surface area contributed by atoms with E-state index >= 15 is 0 Å². The number of carbonyl (C=O) groups excluding carboxylic acids is 4. The maximum atomic E-state index is 13.0. The van der Waals surface area contributed by atoms with Crippen molar-refractivity contribution in [2.45, 2.75) is 375 Å². The van der Waals surface area contributed by atoms with Crippen molar-refractivity contribution in [3.63, 3.8) is 0 Å². The molecule has 0 aliphatic heterocycles. The summed E-state index contributed by atoms with van der Waals surface area (Å²) in [6.45, 7) is 11.8. The molecule has 0 aromatic carbocycles. The number of aliphatic hydroxyl groups excluding tert-OH is 1. The molecule has 0 radical (unpaired) electrons. The number of unbranched alkanes of at least 4 members (excludes halogenated alkanes) is 37. The van der Waals surface area contributed by atoms with Crippen LogP contribution in [0.3, 0.4) is 0 Å². The Labute approximate surface area is 549 Å². The second kappa shape index (κ2) is 61.9. The lowest BCUT2D eigenvalue weighted by molar-refractivity contribution is -0.161. The quantitative estimate of drug-likeness (QED) is 0.0222. The highest BCUT2D eigenvalue weighted by atomic mass is 31.2. The summed E-state index contributed by atoms with van der Waals surface area (Å²) in [5.41, 5.74) is 0. The third-order valence-corrected chi connectivity index (χ3v) is 18.3. The normalized spacial score (nSPS) is 14.2. The fourth-order valence-electron chi connectivity index (χ4n) is 10.7. The topological polar surface area (TPSA) is 237 Å².